The SMILES string of the molecule is CCOC(=O)c1c(C)[nH]c(C(=O)C[NH+]2CCN(c3cccc(C)c3C)CC2)c1C. The maximum absolute atomic E-state index is 12.9. The summed E-state index contributed by atoms with van der Waals surface area (Å²) in [6.07, 6.45) is 0. The van der Waals surface area contributed by atoms with Crippen molar-refractivity contribution in [1.29, 1.82) is 0 Å². The van der Waals surface area contributed by atoms with Crippen LogP contribution >= 0.6 is 0 Å². The lowest BCUT2D eigenvalue weighted by atomic mass is 10.1. The summed E-state index contributed by atoms with van der Waals surface area (Å²) < 4.78 is 5.12. The second-order valence-corrected chi connectivity index (χ2v) is 7.90. The molecule has 2 aromatic rings. The number of carbonyl (C=O) groups excluding carboxylic acids is 2. The number of anilines is 1. The first-order valence-electron chi connectivity index (χ1n) is 10.4. The molecular weight excluding hydrogens is 366 g/mol. The zero-order chi connectivity index (χ0) is 21.1. The fourth-order valence-corrected chi connectivity index (χ4v) is 4.17. The van der Waals surface area contributed by atoms with Gasteiger partial charge in [0, 0.05) is 11.4 Å². The van der Waals surface area contributed by atoms with E-state index in [0.29, 0.717) is 35.7 Å². The molecule has 0 atom stereocenters. The van der Waals surface area contributed by atoms with Crippen molar-refractivity contribution in [1.82, 2.24) is 4.98 Å². The van der Waals surface area contributed by atoms with E-state index in [1.807, 2.05) is 13.8 Å². The number of benzene rings is 1. The molecule has 0 bridgehead atoms. The van der Waals surface area contributed by atoms with E-state index in [2.05, 4.69) is 41.9 Å². The van der Waals surface area contributed by atoms with Crippen molar-refractivity contribution in [2.75, 3.05) is 44.2 Å². The van der Waals surface area contributed by atoms with Crippen LogP contribution in [0.1, 0.15) is 50.2 Å². The van der Waals surface area contributed by atoms with E-state index in [1.54, 1.807) is 6.92 Å². The third kappa shape index (κ3) is 4.37. The molecule has 29 heavy (non-hydrogen) atoms. The van der Waals surface area contributed by atoms with Crippen LogP contribution in [-0.2, 0) is 4.74 Å². The highest BCUT2D eigenvalue weighted by Crippen LogP contribution is 2.22. The Morgan fingerprint density at radius 2 is 1.79 bits per heavy atom. The quantitative estimate of drug-likeness (QED) is 0.577. The first kappa shape index (κ1) is 21.1. The number of nitrogens with one attached hydrogen (secondary N) is 2. The number of aromatic nitrogens is 1. The van der Waals surface area contributed by atoms with Gasteiger partial charge in [-0.25, -0.2) is 4.79 Å². The van der Waals surface area contributed by atoms with Crippen molar-refractivity contribution >= 4 is 17.4 Å². The Hall–Kier alpha value is -2.60. The first-order valence-corrected chi connectivity index (χ1v) is 10.4. The zero-order valence-electron chi connectivity index (χ0n) is 18.1. The van der Waals surface area contributed by atoms with Crippen LogP contribution in [0.5, 0.6) is 0 Å². The number of ketones is 1. The number of Topliss-reactive ketones (excluding diaryl/α,β-unsaturated/α-hetero) is 1. The van der Waals surface area contributed by atoms with Gasteiger partial charge in [-0.2, -0.15) is 0 Å². The van der Waals surface area contributed by atoms with Crippen LogP contribution in [0.15, 0.2) is 18.2 Å². The van der Waals surface area contributed by atoms with E-state index < -0.39 is 0 Å². The number of nitrogens with zero attached hydrogens (tertiary/aromatic N) is 1. The molecule has 1 aliphatic rings. The van der Waals surface area contributed by atoms with Gasteiger partial charge in [-0.05, 0) is 57.4 Å². The molecular formula is C23H32N3O3+. The predicted octanol–water partition coefficient (Wildman–Crippen LogP) is 2.01. The van der Waals surface area contributed by atoms with Crippen LogP contribution in [0.2, 0.25) is 0 Å². The number of piperazine rings is 1. The molecule has 0 aliphatic carbocycles. The van der Waals surface area contributed by atoms with Crippen molar-refractivity contribution < 1.29 is 19.2 Å². The van der Waals surface area contributed by atoms with Gasteiger partial charge in [0.05, 0.1) is 44.0 Å². The second-order valence-electron chi connectivity index (χ2n) is 7.90. The Kier molecular flexibility index (Phi) is 6.42. The number of ether oxygens (including phenoxy) is 1. The molecule has 0 unspecified atom stereocenters. The topological polar surface area (TPSA) is 66.8 Å². The van der Waals surface area contributed by atoms with Crippen LogP contribution in [0.4, 0.5) is 5.69 Å². The Morgan fingerprint density at radius 1 is 1.10 bits per heavy atom. The van der Waals surface area contributed by atoms with Gasteiger partial charge in [-0.3, -0.25) is 4.79 Å². The standard InChI is InChI=1S/C23H31N3O3/c1-6-29-23(28)21-17(4)22(24-18(21)5)20(27)14-25-10-12-26(13-11-25)19-9-7-8-15(2)16(19)3/h7-9,24H,6,10-14H2,1-5H3/p+1. The second kappa shape index (κ2) is 8.82. The normalized spacial score (nSPS) is 14.9. The molecule has 0 saturated carbocycles. The number of esters is 1. The highest BCUT2D eigenvalue weighted by molar-refractivity contribution is 6.01. The highest BCUT2D eigenvalue weighted by Gasteiger charge is 2.27. The molecule has 3 rings (SSSR count). The molecule has 6 nitrogen and oxygen atoms in total. The van der Waals surface area contributed by atoms with Crippen LogP contribution in [0, 0.1) is 27.7 Å². The molecule has 1 fully saturated rings. The average Bonchev–Trinajstić information content (AvgIpc) is 2.99. The Morgan fingerprint density at radius 3 is 2.45 bits per heavy atom. The smallest absolute Gasteiger partial charge is 0.340 e. The summed E-state index contributed by atoms with van der Waals surface area (Å²) in [6.45, 7) is 14.2. The van der Waals surface area contributed by atoms with Gasteiger partial charge in [0.1, 0.15) is 6.54 Å². The lowest BCUT2D eigenvalue weighted by Gasteiger charge is -2.34. The van der Waals surface area contributed by atoms with Gasteiger partial charge < -0.3 is 19.5 Å². The van der Waals surface area contributed by atoms with Gasteiger partial charge in [-0.1, -0.05) is 12.1 Å². The minimum Gasteiger partial charge on any atom is -0.462 e. The molecule has 1 aliphatic heterocycles. The summed E-state index contributed by atoms with van der Waals surface area (Å²) in [5, 5.41) is 0. The fraction of sp³-hybridized carbons (Fsp3) is 0.478. The average molecular weight is 399 g/mol. The largest absolute Gasteiger partial charge is 0.462 e. The molecule has 2 N–H and O–H groups in total. The van der Waals surface area contributed by atoms with Gasteiger partial charge >= 0.3 is 5.97 Å². The summed E-state index contributed by atoms with van der Waals surface area (Å²) in [7, 11) is 0. The summed E-state index contributed by atoms with van der Waals surface area (Å²) in [4.78, 5) is 31.9. The third-order valence-corrected chi connectivity index (χ3v) is 5.99. The van der Waals surface area contributed by atoms with Gasteiger partial charge in [0.25, 0.3) is 0 Å². The number of aromatic amines is 1. The molecule has 156 valence electrons. The van der Waals surface area contributed by atoms with Crippen LogP contribution in [0.25, 0.3) is 0 Å². The van der Waals surface area contributed by atoms with Gasteiger partial charge in [-0.15, -0.1) is 0 Å². The van der Waals surface area contributed by atoms with E-state index in [0.717, 1.165) is 26.2 Å². The van der Waals surface area contributed by atoms with Crippen LogP contribution < -0.4 is 9.80 Å². The van der Waals surface area contributed by atoms with Crippen LogP contribution in [0.3, 0.4) is 0 Å². The molecule has 1 aromatic carbocycles. The van der Waals surface area contributed by atoms with Crippen molar-refractivity contribution in [2.24, 2.45) is 0 Å². The van der Waals surface area contributed by atoms with Crippen molar-refractivity contribution in [2.45, 2.75) is 34.6 Å². The Labute approximate surface area is 172 Å². The van der Waals surface area contributed by atoms with E-state index in [-0.39, 0.29) is 11.8 Å². The number of carbonyl (C=O) groups is 2. The number of rotatable bonds is 6. The first-order chi connectivity index (χ1) is 13.8. The molecule has 2 heterocycles. The Bertz CT molecular complexity index is 908. The van der Waals surface area contributed by atoms with Gasteiger partial charge in [0.2, 0.25) is 5.78 Å². The maximum Gasteiger partial charge on any atom is 0.340 e. The zero-order valence-corrected chi connectivity index (χ0v) is 18.1. The van der Waals surface area contributed by atoms with Gasteiger partial charge in [0.15, 0.2) is 0 Å². The maximum atomic E-state index is 12.9. The van der Waals surface area contributed by atoms with E-state index >= 15 is 0 Å². The van der Waals surface area contributed by atoms with Crippen molar-refractivity contribution in [3.63, 3.8) is 0 Å². The summed E-state index contributed by atoms with van der Waals surface area (Å²) in [6, 6.07) is 6.43. The number of hydrogen-bond acceptors (Lipinski definition) is 4. The fourth-order valence-electron chi connectivity index (χ4n) is 4.17. The summed E-state index contributed by atoms with van der Waals surface area (Å²) >= 11 is 0. The highest BCUT2D eigenvalue weighted by atomic mass is 16.5. The molecule has 6 heteroatoms. The molecule has 1 saturated heterocycles. The van der Waals surface area contributed by atoms with Crippen molar-refractivity contribution in [3.8, 4) is 0 Å². The lowest BCUT2D eigenvalue weighted by Crippen LogP contribution is -3.15. The molecule has 0 radical (unpaired) electrons. The third-order valence-electron chi connectivity index (χ3n) is 5.99. The minimum atomic E-state index is -0.368. The Balaban J connectivity index is 1.64. The lowest BCUT2D eigenvalue weighted by molar-refractivity contribution is -0.892. The number of quaternary nitrogens is 1. The molecule has 0 amide bonds. The summed E-state index contributed by atoms with van der Waals surface area (Å²) in [5.41, 5.74) is 6.35. The minimum absolute atomic E-state index is 0.0522. The number of aryl methyl sites for hydroxylation is 2. The van der Waals surface area contributed by atoms with E-state index in [1.165, 1.54) is 21.7 Å². The molecule has 1 aromatic heterocycles. The summed E-state index contributed by atoms with van der Waals surface area (Å²) in [5.74, 6) is -0.316. The monoisotopic (exact) mass is 398 g/mol. The van der Waals surface area contributed by atoms with E-state index in [4.69, 9.17) is 4.74 Å². The predicted molar refractivity (Wildman–Crippen MR) is 114 cm³/mol. The van der Waals surface area contributed by atoms with Crippen molar-refractivity contribution in [3.05, 3.63) is 51.8 Å². The van der Waals surface area contributed by atoms with Crippen LogP contribution in [-0.4, -0.2) is 56.1 Å². The number of hydrogen-bond donors (Lipinski definition) is 2. The number of H-pyrrole nitrogens is 1. The van der Waals surface area contributed by atoms with E-state index in [9.17, 15) is 9.59 Å². The molecule has 0 spiro atoms.